The molecule has 1 aromatic heterocycles. The predicted molar refractivity (Wildman–Crippen MR) is 144 cm³/mol. The summed E-state index contributed by atoms with van der Waals surface area (Å²) in [6.45, 7) is 0. The number of carbonyl (C=O) groups is 1. The van der Waals surface area contributed by atoms with Crippen LogP contribution in [0.25, 0.3) is 0 Å². The third-order valence-corrected chi connectivity index (χ3v) is 7.80. The lowest BCUT2D eigenvalue weighted by Gasteiger charge is -2.43. The van der Waals surface area contributed by atoms with E-state index in [1.165, 1.54) is 24.0 Å². The number of anilines is 1. The van der Waals surface area contributed by atoms with Gasteiger partial charge in [-0.3, -0.25) is 15.1 Å². The van der Waals surface area contributed by atoms with Crippen LogP contribution in [0.5, 0.6) is 5.75 Å². The second kappa shape index (κ2) is 10.4. The Kier molecular flexibility index (Phi) is 6.64. The molecule has 37 heavy (non-hydrogen) atoms. The van der Waals surface area contributed by atoms with Crippen LogP contribution >= 0.6 is 0 Å². The standard InChI is InChI=1S/C30H33N5O2/c1-37-23-17-15-21(16-18-23)26-28(32-24-14-8-9-19-31-24)33-29-25(20-10-4-2-5-11-20)27(34-35(29)30(26)36)22-12-6-3-7-13-22/h3,6-10,12-19,25-29,33-34H,2,4-5,11H2,1H3,(H,31,32). The van der Waals surface area contributed by atoms with E-state index in [9.17, 15) is 4.79 Å². The topological polar surface area (TPSA) is 78.5 Å². The first kappa shape index (κ1) is 23.7. The lowest BCUT2D eigenvalue weighted by molar-refractivity contribution is -0.142. The summed E-state index contributed by atoms with van der Waals surface area (Å²) in [6.07, 6.45) is 8.22. The van der Waals surface area contributed by atoms with Crippen LogP contribution in [-0.2, 0) is 4.79 Å². The van der Waals surface area contributed by atoms with Crippen LogP contribution in [-0.4, -0.2) is 35.3 Å². The summed E-state index contributed by atoms with van der Waals surface area (Å²) in [5.74, 6) is 1.23. The molecule has 1 aliphatic carbocycles. The first-order valence-electron chi connectivity index (χ1n) is 13.1. The molecule has 3 aromatic rings. The molecule has 7 nitrogen and oxygen atoms in total. The largest absolute Gasteiger partial charge is 0.497 e. The molecule has 2 fully saturated rings. The van der Waals surface area contributed by atoms with Gasteiger partial charge in [0.2, 0.25) is 5.91 Å². The zero-order valence-corrected chi connectivity index (χ0v) is 21.0. The van der Waals surface area contributed by atoms with Crippen molar-refractivity contribution < 1.29 is 9.53 Å². The monoisotopic (exact) mass is 495 g/mol. The highest BCUT2D eigenvalue weighted by molar-refractivity contribution is 5.86. The molecule has 3 N–H and O–H groups in total. The summed E-state index contributed by atoms with van der Waals surface area (Å²) in [4.78, 5) is 18.8. The van der Waals surface area contributed by atoms with Gasteiger partial charge < -0.3 is 10.1 Å². The van der Waals surface area contributed by atoms with E-state index in [-0.39, 0.29) is 30.2 Å². The van der Waals surface area contributed by atoms with E-state index in [4.69, 9.17) is 4.74 Å². The number of benzene rings is 2. The summed E-state index contributed by atoms with van der Waals surface area (Å²) in [5.41, 5.74) is 7.17. The molecular formula is C30H33N5O2. The van der Waals surface area contributed by atoms with Gasteiger partial charge in [0, 0.05) is 12.1 Å². The quantitative estimate of drug-likeness (QED) is 0.429. The average molecular weight is 496 g/mol. The maximum Gasteiger partial charge on any atom is 0.249 e. The SMILES string of the molecule is COc1ccc(C2C(=O)N3NC(c4ccccc4)C(C4=CCCCC4)C3NC2Nc2ccccn2)cc1. The minimum atomic E-state index is -0.452. The second-order valence-electron chi connectivity index (χ2n) is 9.98. The molecule has 5 unspecified atom stereocenters. The first-order chi connectivity index (χ1) is 18.2. The molecule has 2 saturated heterocycles. The first-order valence-corrected chi connectivity index (χ1v) is 13.1. The van der Waals surface area contributed by atoms with Gasteiger partial charge in [-0.25, -0.2) is 10.4 Å². The molecule has 1 amide bonds. The maximum absolute atomic E-state index is 14.3. The third-order valence-electron chi connectivity index (χ3n) is 7.80. The number of aromatic nitrogens is 1. The molecule has 3 aliphatic rings. The van der Waals surface area contributed by atoms with Crippen LogP contribution in [0.4, 0.5) is 5.82 Å². The van der Waals surface area contributed by atoms with Crippen LogP contribution in [0, 0.1) is 5.92 Å². The van der Waals surface area contributed by atoms with Crippen molar-refractivity contribution in [3.8, 4) is 5.75 Å². The number of hydrazine groups is 1. The van der Waals surface area contributed by atoms with E-state index < -0.39 is 5.92 Å². The summed E-state index contributed by atoms with van der Waals surface area (Å²) in [6, 6.07) is 24.0. The van der Waals surface area contributed by atoms with Gasteiger partial charge in [-0.2, -0.15) is 0 Å². The number of rotatable bonds is 6. The van der Waals surface area contributed by atoms with Gasteiger partial charge in [0.15, 0.2) is 0 Å². The van der Waals surface area contributed by atoms with E-state index in [1.54, 1.807) is 13.3 Å². The van der Waals surface area contributed by atoms with Gasteiger partial charge in [-0.05, 0) is 61.1 Å². The Balaban J connectivity index is 1.40. The third kappa shape index (κ3) is 4.61. The summed E-state index contributed by atoms with van der Waals surface area (Å²) >= 11 is 0. The molecule has 3 heterocycles. The number of ether oxygens (including phenoxy) is 1. The van der Waals surface area contributed by atoms with E-state index in [0.29, 0.717) is 0 Å². The molecule has 0 radical (unpaired) electrons. The van der Waals surface area contributed by atoms with Crippen LogP contribution in [0.2, 0.25) is 0 Å². The molecule has 2 aliphatic heterocycles. The fourth-order valence-electron chi connectivity index (χ4n) is 6.01. The predicted octanol–water partition coefficient (Wildman–Crippen LogP) is 4.75. The van der Waals surface area contributed by atoms with E-state index in [1.807, 2.05) is 53.5 Å². The zero-order chi connectivity index (χ0) is 25.2. The van der Waals surface area contributed by atoms with Crippen LogP contribution < -0.4 is 20.8 Å². The van der Waals surface area contributed by atoms with E-state index >= 15 is 0 Å². The molecular weight excluding hydrogens is 462 g/mol. The smallest absolute Gasteiger partial charge is 0.249 e. The normalized spacial score (nSPS) is 27.4. The van der Waals surface area contributed by atoms with Gasteiger partial charge in [0.1, 0.15) is 17.7 Å². The number of amides is 1. The molecule has 6 rings (SSSR count). The molecule has 7 heteroatoms. The van der Waals surface area contributed by atoms with E-state index in [2.05, 4.69) is 51.4 Å². The lowest BCUT2D eigenvalue weighted by Crippen LogP contribution is -2.65. The fraction of sp³-hybridized carbons (Fsp3) is 0.333. The van der Waals surface area contributed by atoms with Gasteiger partial charge >= 0.3 is 0 Å². The number of pyridine rings is 1. The van der Waals surface area contributed by atoms with Gasteiger partial charge in [0.25, 0.3) is 0 Å². The number of fused-ring (bicyclic) bond motifs is 1. The number of carbonyl (C=O) groups excluding carboxylic acids is 1. The van der Waals surface area contributed by atoms with Crippen LogP contribution in [0.1, 0.15) is 48.8 Å². The Morgan fingerprint density at radius 2 is 1.78 bits per heavy atom. The van der Waals surface area contributed by atoms with Crippen molar-refractivity contribution in [1.82, 2.24) is 20.7 Å². The molecule has 0 spiro atoms. The van der Waals surface area contributed by atoms with Crippen LogP contribution in [0.15, 0.2) is 90.6 Å². The summed E-state index contributed by atoms with van der Waals surface area (Å²) in [7, 11) is 1.65. The number of allylic oxidation sites excluding steroid dienone is 1. The van der Waals surface area contributed by atoms with Crippen molar-refractivity contribution >= 4 is 11.7 Å². The highest BCUT2D eigenvalue weighted by Crippen LogP contribution is 2.44. The average Bonchev–Trinajstić information content (AvgIpc) is 3.35. The minimum Gasteiger partial charge on any atom is -0.497 e. The molecule has 2 aromatic carbocycles. The van der Waals surface area contributed by atoms with Gasteiger partial charge in [-0.1, -0.05) is 60.2 Å². The van der Waals surface area contributed by atoms with Crippen molar-refractivity contribution in [1.29, 1.82) is 0 Å². The number of hydrogen-bond donors (Lipinski definition) is 3. The van der Waals surface area contributed by atoms with Crippen molar-refractivity contribution in [2.75, 3.05) is 12.4 Å². The Morgan fingerprint density at radius 3 is 2.49 bits per heavy atom. The van der Waals surface area contributed by atoms with Crippen molar-refractivity contribution in [3.63, 3.8) is 0 Å². The van der Waals surface area contributed by atoms with Gasteiger partial charge in [0.05, 0.1) is 25.2 Å². The van der Waals surface area contributed by atoms with E-state index in [0.717, 1.165) is 30.0 Å². The number of nitrogens with zero attached hydrogens (tertiary/aromatic N) is 2. The van der Waals surface area contributed by atoms with Gasteiger partial charge in [-0.15, -0.1) is 0 Å². The molecule has 190 valence electrons. The Labute approximate surface area is 217 Å². The summed E-state index contributed by atoms with van der Waals surface area (Å²) in [5, 5.41) is 9.22. The van der Waals surface area contributed by atoms with Crippen LogP contribution in [0.3, 0.4) is 0 Å². The number of hydrogen-bond acceptors (Lipinski definition) is 6. The Hall–Kier alpha value is -3.68. The maximum atomic E-state index is 14.3. The lowest BCUT2D eigenvalue weighted by atomic mass is 9.80. The highest BCUT2D eigenvalue weighted by Gasteiger charge is 2.53. The molecule has 0 saturated carbocycles. The fourth-order valence-corrected chi connectivity index (χ4v) is 6.01. The Bertz CT molecular complexity index is 1250. The zero-order valence-electron chi connectivity index (χ0n) is 21.0. The molecule has 5 atom stereocenters. The Morgan fingerprint density at radius 1 is 0.973 bits per heavy atom. The number of nitrogens with one attached hydrogen (secondary N) is 3. The number of methoxy groups -OCH3 is 1. The van der Waals surface area contributed by atoms with Crippen molar-refractivity contribution in [2.24, 2.45) is 5.92 Å². The molecule has 0 bridgehead atoms. The summed E-state index contributed by atoms with van der Waals surface area (Å²) < 4.78 is 5.36. The minimum absolute atomic E-state index is 0.0112. The van der Waals surface area contributed by atoms with Crippen molar-refractivity contribution in [3.05, 3.63) is 102 Å². The second-order valence-corrected chi connectivity index (χ2v) is 9.98. The van der Waals surface area contributed by atoms with Crippen molar-refractivity contribution in [2.45, 2.75) is 50.0 Å². The highest BCUT2D eigenvalue weighted by atomic mass is 16.5.